The summed E-state index contributed by atoms with van der Waals surface area (Å²) in [5.41, 5.74) is 1.55. The van der Waals surface area contributed by atoms with E-state index in [9.17, 15) is 9.59 Å². The lowest BCUT2D eigenvalue weighted by molar-refractivity contribution is -0.118. The number of imide groups is 1. The molecule has 5 nitrogen and oxygen atoms in total. The molecule has 0 radical (unpaired) electrons. The Morgan fingerprint density at radius 3 is 2.83 bits per heavy atom. The van der Waals surface area contributed by atoms with Crippen LogP contribution in [-0.4, -0.2) is 29.7 Å². The maximum atomic E-state index is 11.3. The number of amides is 3. The second-order valence-corrected chi connectivity index (χ2v) is 5.90. The molecule has 3 aliphatic carbocycles. The Bertz CT molecular complexity index is 479. The number of hydrogen-bond donors (Lipinski definition) is 1. The molecule has 1 aliphatic heterocycles. The van der Waals surface area contributed by atoms with Crippen molar-refractivity contribution in [3.8, 4) is 0 Å². The Kier molecular flexibility index (Phi) is 2.33. The van der Waals surface area contributed by atoms with Crippen LogP contribution in [-0.2, 0) is 4.79 Å². The first-order valence-electron chi connectivity index (χ1n) is 6.34. The molecule has 0 aromatic rings. The summed E-state index contributed by atoms with van der Waals surface area (Å²) >= 11 is 0. The van der Waals surface area contributed by atoms with E-state index in [0.29, 0.717) is 11.3 Å². The third-order valence-corrected chi connectivity index (χ3v) is 4.63. The average molecular weight is 247 g/mol. The fourth-order valence-corrected chi connectivity index (χ4v) is 3.21. The fourth-order valence-electron chi connectivity index (χ4n) is 3.21. The van der Waals surface area contributed by atoms with Crippen molar-refractivity contribution in [1.29, 1.82) is 0 Å². The summed E-state index contributed by atoms with van der Waals surface area (Å²) in [4.78, 5) is 22.4. The van der Waals surface area contributed by atoms with Gasteiger partial charge in [0, 0.05) is 0 Å². The summed E-state index contributed by atoms with van der Waals surface area (Å²) in [7, 11) is 0. The van der Waals surface area contributed by atoms with Gasteiger partial charge in [-0.2, -0.15) is 5.10 Å². The first-order valence-corrected chi connectivity index (χ1v) is 6.34. The molecular weight excluding hydrogens is 230 g/mol. The maximum Gasteiger partial charge on any atom is 0.344 e. The summed E-state index contributed by atoms with van der Waals surface area (Å²) < 4.78 is 0. The van der Waals surface area contributed by atoms with Crippen LogP contribution in [0.5, 0.6) is 0 Å². The normalized spacial score (nSPS) is 33.4. The number of carbonyl (C=O) groups is 2. The quantitative estimate of drug-likeness (QED) is 0.594. The molecule has 18 heavy (non-hydrogen) atoms. The predicted molar refractivity (Wildman–Crippen MR) is 66.8 cm³/mol. The van der Waals surface area contributed by atoms with Crippen LogP contribution >= 0.6 is 0 Å². The number of nitrogens with one attached hydrogen (secondary N) is 1. The summed E-state index contributed by atoms with van der Waals surface area (Å²) in [6.07, 6.45) is 6.27. The van der Waals surface area contributed by atoms with Crippen molar-refractivity contribution in [3.05, 3.63) is 11.6 Å². The maximum absolute atomic E-state index is 11.3. The molecule has 1 saturated carbocycles. The van der Waals surface area contributed by atoms with Crippen molar-refractivity contribution in [3.63, 3.8) is 0 Å². The Morgan fingerprint density at radius 1 is 1.50 bits per heavy atom. The molecule has 96 valence electrons. The van der Waals surface area contributed by atoms with E-state index in [0.717, 1.165) is 12.3 Å². The number of urea groups is 1. The molecule has 3 amide bonds. The van der Waals surface area contributed by atoms with Crippen LogP contribution in [0.4, 0.5) is 4.79 Å². The molecule has 0 spiro atoms. The van der Waals surface area contributed by atoms with Crippen molar-refractivity contribution in [2.75, 3.05) is 6.54 Å². The van der Waals surface area contributed by atoms with Crippen molar-refractivity contribution >= 4 is 18.2 Å². The molecule has 4 rings (SSSR count). The zero-order chi connectivity index (χ0) is 12.9. The van der Waals surface area contributed by atoms with Gasteiger partial charge in [0.05, 0.1) is 6.21 Å². The Balaban J connectivity index is 1.72. The first kappa shape index (κ1) is 11.4. The van der Waals surface area contributed by atoms with Gasteiger partial charge >= 0.3 is 6.03 Å². The minimum Gasteiger partial charge on any atom is -0.275 e. The molecule has 2 bridgehead atoms. The highest BCUT2D eigenvalue weighted by Crippen LogP contribution is 2.58. The van der Waals surface area contributed by atoms with E-state index >= 15 is 0 Å². The zero-order valence-electron chi connectivity index (χ0n) is 10.6. The van der Waals surface area contributed by atoms with Crippen molar-refractivity contribution < 1.29 is 9.59 Å². The number of carbonyl (C=O) groups excluding carboxylic acids is 2. The lowest BCUT2D eigenvalue weighted by Gasteiger charge is -2.55. The van der Waals surface area contributed by atoms with Gasteiger partial charge in [-0.3, -0.25) is 10.1 Å². The first-order chi connectivity index (χ1) is 8.48. The van der Waals surface area contributed by atoms with Gasteiger partial charge in [0.25, 0.3) is 0 Å². The lowest BCUT2D eigenvalue weighted by Crippen LogP contribution is -2.48. The molecule has 2 atom stereocenters. The lowest BCUT2D eigenvalue weighted by atomic mass is 9.49. The molecule has 0 aromatic heterocycles. The molecule has 2 fully saturated rings. The number of nitrogens with zero attached hydrogens (tertiary/aromatic N) is 2. The number of allylic oxidation sites excluding steroid dienone is 2. The Morgan fingerprint density at radius 2 is 2.28 bits per heavy atom. The van der Waals surface area contributed by atoms with Gasteiger partial charge in [0.2, 0.25) is 5.91 Å². The van der Waals surface area contributed by atoms with Crippen molar-refractivity contribution in [2.24, 2.45) is 22.4 Å². The zero-order valence-corrected chi connectivity index (χ0v) is 10.6. The highest BCUT2D eigenvalue weighted by molar-refractivity contribution is 6.02. The van der Waals surface area contributed by atoms with Crippen LogP contribution in [0.1, 0.15) is 26.7 Å². The van der Waals surface area contributed by atoms with Gasteiger partial charge < -0.3 is 0 Å². The van der Waals surface area contributed by atoms with E-state index in [1.807, 2.05) is 0 Å². The topological polar surface area (TPSA) is 61.8 Å². The standard InChI is InChI=1S/C13H17N3O2/c1-13(2)9-4-3-8(10(13)5-9)6-14-16-7-11(17)15-12(16)18/h3,6,9-10H,4-5,7H2,1-2H3,(H,15,17,18)/t9-,10+/m0/s1. The largest absolute Gasteiger partial charge is 0.344 e. The van der Waals surface area contributed by atoms with Crippen LogP contribution in [0, 0.1) is 17.3 Å². The van der Waals surface area contributed by atoms with E-state index in [-0.39, 0.29) is 12.5 Å². The van der Waals surface area contributed by atoms with Crippen LogP contribution in [0.25, 0.3) is 0 Å². The highest BCUT2D eigenvalue weighted by atomic mass is 16.2. The smallest absolute Gasteiger partial charge is 0.275 e. The molecule has 0 aromatic carbocycles. The average Bonchev–Trinajstić information content (AvgIpc) is 2.65. The van der Waals surface area contributed by atoms with E-state index in [2.05, 4.69) is 30.3 Å². The van der Waals surface area contributed by atoms with Gasteiger partial charge in [0.15, 0.2) is 0 Å². The monoisotopic (exact) mass is 247 g/mol. The number of rotatable bonds is 2. The molecule has 0 unspecified atom stereocenters. The number of fused-ring (bicyclic) bond motifs is 1. The minimum atomic E-state index is -0.432. The Labute approximate surface area is 106 Å². The highest BCUT2D eigenvalue weighted by Gasteiger charge is 2.50. The Hall–Kier alpha value is -1.65. The molecule has 1 saturated heterocycles. The summed E-state index contributed by atoms with van der Waals surface area (Å²) in [5.74, 6) is 1.04. The van der Waals surface area contributed by atoms with Crippen molar-refractivity contribution in [2.45, 2.75) is 26.7 Å². The van der Waals surface area contributed by atoms with Gasteiger partial charge in [-0.05, 0) is 35.7 Å². The van der Waals surface area contributed by atoms with E-state index in [1.54, 1.807) is 6.21 Å². The number of hydrazone groups is 1. The van der Waals surface area contributed by atoms with Crippen molar-refractivity contribution in [1.82, 2.24) is 10.3 Å². The van der Waals surface area contributed by atoms with E-state index in [4.69, 9.17) is 0 Å². The fraction of sp³-hybridized carbons (Fsp3) is 0.615. The molecule has 4 aliphatic rings. The summed E-state index contributed by atoms with van der Waals surface area (Å²) in [6.45, 7) is 4.61. The molecule has 1 heterocycles. The molecule has 1 N–H and O–H groups in total. The predicted octanol–water partition coefficient (Wildman–Crippen LogP) is 1.52. The minimum absolute atomic E-state index is 0.0271. The van der Waals surface area contributed by atoms with Gasteiger partial charge in [-0.15, -0.1) is 0 Å². The van der Waals surface area contributed by atoms with Gasteiger partial charge in [-0.1, -0.05) is 19.9 Å². The van der Waals surface area contributed by atoms with Crippen LogP contribution < -0.4 is 5.32 Å². The second-order valence-electron chi connectivity index (χ2n) is 5.90. The molecular formula is C13H17N3O2. The molecule has 5 heteroatoms. The third-order valence-electron chi connectivity index (χ3n) is 4.63. The van der Waals surface area contributed by atoms with E-state index < -0.39 is 6.03 Å². The third kappa shape index (κ3) is 1.57. The summed E-state index contributed by atoms with van der Waals surface area (Å²) in [6, 6.07) is -0.432. The van der Waals surface area contributed by atoms with Crippen LogP contribution in [0.3, 0.4) is 0 Å². The number of hydrogen-bond acceptors (Lipinski definition) is 3. The van der Waals surface area contributed by atoms with Crippen LogP contribution in [0.2, 0.25) is 0 Å². The second kappa shape index (κ2) is 3.67. The summed E-state index contributed by atoms with van der Waals surface area (Å²) in [5, 5.41) is 7.51. The van der Waals surface area contributed by atoms with Gasteiger partial charge in [-0.25, -0.2) is 9.80 Å². The van der Waals surface area contributed by atoms with Gasteiger partial charge in [0.1, 0.15) is 6.54 Å². The van der Waals surface area contributed by atoms with Crippen LogP contribution in [0.15, 0.2) is 16.8 Å². The SMILES string of the molecule is CC1(C)[C@H]2CC=C(C=NN3CC(=O)NC3=O)[C@H]1C2. The van der Waals surface area contributed by atoms with E-state index in [1.165, 1.54) is 17.0 Å².